The predicted molar refractivity (Wildman–Crippen MR) is 70.5 cm³/mol. The molecular formula is C13H14N2O2S. The van der Waals surface area contributed by atoms with Crippen LogP contribution in [0.15, 0.2) is 41.2 Å². The van der Waals surface area contributed by atoms with Gasteiger partial charge in [0.25, 0.3) is 0 Å². The standard InChI is InChI=1S/C13H14N2O2S/c16-13(17)12(6-10-4-2-1-3-5-10)14-7-11-8-18-9-15-11/h1-5,8-9,12,14H,6-7H2,(H,16,17). The maximum Gasteiger partial charge on any atom is 0.321 e. The quantitative estimate of drug-likeness (QED) is 0.835. The van der Waals surface area contributed by atoms with Crippen molar-refractivity contribution in [2.45, 2.75) is 19.0 Å². The van der Waals surface area contributed by atoms with Crippen LogP contribution in [0.1, 0.15) is 11.3 Å². The van der Waals surface area contributed by atoms with Crippen LogP contribution in [0.5, 0.6) is 0 Å². The van der Waals surface area contributed by atoms with Gasteiger partial charge in [0.1, 0.15) is 6.04 Å². The van der Waals surface area contributed by atoms with Crippen LogP contribution in [0.4, 0.5) is 0 Å². The molecule has 0 aliphatic rings. The van der Waals surface area contributed by atoms with Crippen molar-refractivity contribution in [2.24, 2.45) is 0 Å². The first-order valence-electron chi connectivity index (χ1n) is 5.63. The van der Waals surface area contributed by atoms with Crippen molar-refractivity contribution in [3.8, 4) is 0 Å². The van der Waals surface area contributed by atoms with Crippen molar-refractivity contribution in [1.29, 1.82) is 0 Å². The largest absolute Gasteiger partial charge is 0.480 e. The molecule has 0 saturated heterocycles. The van der Waals surface area contributed by atoms with Crippen molar-refractivity contribution < 1.29 is 9.90 Å². The molecule has 0 bridgehead atoms. The second kappa shape index (κ2) is 6.28. The number of hydrogen-bond donors (Lipinski definition) is 2. The highest BCUT2D eigenvalue weighted by molar-refractivity contribution is 7.07. The van der Waals surface area contributed by atoms with Crippen molar-refractivity contribution in [1.82, 2.24) is 10.3 Å². The minimum atomic E-state index is -0.839. The fraction of sp³-hybridized carbons (Fsp3) is 0.231. The lowest BCUT2D eigenvalue weighted by Crippen LogP contribution is -2.38. The SMILES string of the molecule is O=C(O)C(Cc1ccccc1)NCc1cscn1. The number of hydrogen-bond acceptors (Lipinski definition) is 4. The van der Waals surface area contributed by atoms with Crippen molar-refractivity contribution in [3.05, 3.63) is 52.5 Å². The second-order valence-corrected chi connectivity index (χ2v) is 4.66. The van der Waals surface area contributed by atoms with E-state index in [4.69, 9.17) is 0 Å². The molecule has 4 nitrogen and oxygen atoms in total. The first-order valence-corrected chi connectivity index (χ1v) is 6.57. The summed E-state index contributed by atoms with van der Waals surface area (Å²) < 4.78 is 0. The predicted octanol–water partition coefficient (Wildman–Crippen LogP) is 1.93. The Morgan fingerprint density at radius 1 is 1.39 bits per heavy atom. The number of benzene rings is 1. The maximum absolute atomic E-state index is 11.2. The van der Waals surface area contributed by atoms with Gasteiger partial charge in [-0.2, -0.15) is 0 Å². The Kier molecular flexibility index (Phi) is 4.44. The second-order valence-electron chi connectivity index (χ2n) is 3.94. The van der Waals surface area contributed by atoms with Crippen LogP contribution in [0.25, 0.3) is 0 Å². The summed E-state index contributed by atoms with van der Waals surface area (Å²) in [5.41, 5.74) is 3.62. The molecule has 0 amide bonds. The molecule has 1 aromatic carbocycles. The monoisotopic (exact) mass is 262 g/mol. The molecule has 2 rings (SSSR count). The van der Waals surface area contributed by atoms with Gasteiger partial charge in [0, 0.05) is 11.9 Å². The molecule has 18 heavy (non-hydrogen) atoms. The van der Waals surface area contributed by atoms with Gasteiger partial charge in [-0.25, -0.2) is 4.98 Å². The van der Waals surface area contributed by atoms with Gasteiger partial charge in [0.05, 0.1) is 11.2 Å². The van der Waals surface area contributed by atoms with Gasteiger partial charge >= 0.3 is 5.97 Å². The number of rotatable bonds is 6. The highest BCUT2D eigenvalue weighted by atomic mass is 32.1. The van der Waals surface area contributed by atoms with Crippen LogP contribution in [-0.4, -0.2) is 22.1 Å². The first kappa shape index (κ1) is 12.7. The van der Waals surface area contributed by atoms with Crippen molar-refractivity contribution in [2.75, 3.05) is 0 Å². The van der Waals surface area contributed by atoms with Gasteiger partial charge in [-0.15, -0.1) is 11.3 Å². The van der Waals surface area contributed by atoms with Gasteiger partial charge in [-0.05, 0) is 12.0 Å². The summed E-state index contributed by atoms with van der Waals surface area (Å²) in [6, 6.07) is 9.01. The van der Waals surface area contributed by atoms with E-state index in [1.807, 2.05) is 35.7 Å². The molecule has 2 aromatic rings. The van der Waals surface area contributed by atoms with Crippen LogP contribution >= 0.6 is 11.3 Å². The molecule has 94 valence electrons. The van der Waals surface area contributed by atoms with Crippen LogP contribution in [0.3, 0.4) is 0 Å². The highest BCUT2D eigenvalue weighted by Gasteiger charge is 2.17. The Hall–Kier alpha value is -1.72. The number of nitrogens with one attached hydrogen (secondary N) is 1. The van der Waals surface area contributed by atoms with Crippen LogP contribution in [0.2, 0.25) is 0 Å². The zero-order chi connectivity index (χ0) is 12.8. The number of carboxylic acids is 1. The Balaban J connectivity index is 1.94. The first-order chi connectivity index (χ1) is 8.75. The molecular weight excluding hydrogens is 248 g/mol. The van der Waals surface area contributed by atoms with E-state index in [0.717, 1.165) is 11.3 Å². The van der Waals surface area contributed by atoms with Gasteiger partial charge in [-0.1, -0.05) is 30.3 Å². The fourth-order valence-electron chi connectivity index (χ4n) is 1.65. The van der Waals surface area contributed by atoms with Gasteiger partial charge in [-0.3, -0.25) is 10.1 Å². The zero-order valence-corrected chi connectivity index (χ0v) is 10.6. The minimum absolute atomic E-state index is 0.473. The van der Waals surface area contributed by atoms with E-state index in [9.17, 15) is 9.90 Å². The molecule has 5 heteroatoms. The van der Waals surface area contributed by atoms with Gasteiger partial charge < -0.3 is 5.11 Å². The molecule has 0 spiro atoms. The smallest absolute Gasteiger partial charge is 0.321 e. The molecule has 0 aliphatic carbocycles. The van der Waals surface area contributed by atoms with Gasteiger partial charge in [0.15, 0.2) is 0 Å². The molecule has 0 aliphatic heterocycles. The van der Waals surface area contributed by atoms with Crippen molar-refractivity contribution >= 4 is 17.3 Å². The third-order valence-corrected chi connectivity index (χ3v) is 3.23. The third kappa shape index (κ3) is 3.65. The summed E-state index contributed by atoms with van der Waals surface area (Å²) in [5, 5.41) is 14.1. The summed E-state index contributed by atoms with van der Waals surface area (Å²) in [6.07, 6.45) is 0.473. The normalized spacial score (nSPS) is 12.2. The molecule has 1 unspecified atom stereocenters. The molecule has 0 radical (unpaired) electrons. The Bertz CT molecular complexity index is 485. The number of aromatic nitrogens is 1. The number of carbonyl (C=O) groups is 1. The van der Waals surface area contributed by atoms with Gasteiger partial charge in [0.2, 0.25) is 0 Å². The number of nitrogens with zero attached hydrogens (tertiary/aromatic N) is 1. The van der Waals surface area contributed by atoms with E-state index in [0.29, 0.717) is 13.0 Å². The maximum atomic E-state index is 11.2. The van der Waals surface area contributed by atoms with Crippen LogP contribution in [0, 0.1) is 0 Å². The number of aliphatic carboxylic acids is 1. The van der Waals surface area contributed by atoms with Crippen molar-refractivity contribution in [3.63, 3.8) is 0 Å². The molecule has 0 saturated carbocycles. The Morgan fingerprint density at radius 3 is 2.78 bits per heavy atom. The molecule has 1 heterocycles. The average Bonchev–Trinajstić information content (AvgIpc) is 2.88. The van der Waals surface area contributed by atoms with E-state index < -0.39 is 12.0 Å². The average molecular weight is 262 g/mol. The number of thiazole rings is 1. The molecule has 2 N–H and O–H groups in total. The third-order valence-electron chi connectivity index (χ3n) is 2.59. The fourth-order valence-corrected chi connectivity index (χ4v) is 2.21. The minimum Gasteiger partial charge on any atom is -0.480 e. The van der Waals surface area contributed by atoms with E-state index in [2.05, 4.69) is 10.3 Å². The van der Waals surface area contributed by atoms with Crippen LogP contribution in [-0.2, 0) is 17.8 Å². The molecule has 0 fully saturated rings. The highest BCUT2D eigenvalue weighted by Crippen LogP contribution is 2.05. The number of carboxylic acid groups (broad SMARTS) is 1. The van der Waals surface area contributed by atoms with E-state index >= 15 is 0 Å². The lowest BCUT2D eigenvalue weighted by Gasteiger charge is -2.13. The summed E-state index contributed by atoms with van der Waals surface area (Å²) >= 11 is 1.51. The lowest BCUT2D eigenvalue weighted by atomic mass is 10.1. The lowest BCUT2D eigenvalue weighted by molar-refractivity contribution is -0.139. The zero-order valence-electron chi connectivity index (χ0n) is 9.74. The van der Waals surface area contributed by atoms with E-state index in [-0.39, 0.29) is 0 Å². The topological polar surface area (TPSA) is 62.2 Å². The summed E-state index contributed by atoms with van der Waals surface area (Å²) in [5.74, 6) is -0.839. The molecule has 1 aromatic heterocycles. The summed E-state index contributed by atoms with van der Waals surface area (Å²) in [6.45, 7) is 0.479. The summed E-state index contributed by atoms with van der Waals surface area (Å²) in [4.78, 5) is 15.3. The Labute approximate surface area is 109 Å². The Morgan fingerprint density at radius 2 is 2.17 bits per heavy atom. The van der Waals surface area contributed by atoms with E-state index in [1.165, 1.54) is 11.3 Å². The summed E-state index contributed by atoms with van der Waals surface area (Å²) in [7, 11) is 0. The molecule has 1 atom stereocenters. The van der Waals surface area contributed by atoms with E-state index in [1.54, 1.807) is 5.51 Å². The van der Waals surface area contributed by atoms with Crippen LogP contribution < -0.4 is 5.32 Å².